The highest BCUT2D eigenvalue weighted by atomic mass is 16.7. The Morgan fingerprint density at radius 1 is 1.00 bits per heavy atom. The maximum absolute atomic E-state index is 10.6. The summed E-state index contributed by atoms with van der Waals surface area (Å²) >= 11 is 0. The van der Waals surface area contributed by atoms with Gasteiger partial charge in [-0.2, -0.15) is 5.26 Å². The number of aliphatic hydroxyl groups is 1. The van der Waals surface area contributed by atoms with Crippen molar-refractivity contribution in [1.82, 2.24) is 9.80 Å². The highest BCUT2D eigenvalue weighted by molar-refractivity contribution is 5.58. The summed E-state index contributed by atoms with van der Waals surface area (Å²) < 4.78 is 22.7. The monoisotopic (exact) mass is 445 g/mol. The Kier molecular flexibility index (Phi) is 3.31. The highest BCUT2D eigenvalue weighted by Crippen LogP contribution is 2.65. The molecule has 6 heterocycles. The average molecular weight is 445 g/mol. The van der Waals surface area contributed by atoms with Gasteiger partial charge in [0.1, 0.15) is 6.04 Å². The van der Waals surface area contributed by atoms with Gasteiger partial charge in [0.15, 0.2) is 23.0 Å². The highest BCUT2D eigenvalue weighted by Gasteiger charge is 2.68. The van der Waals surface area contributed by atoms with Crippen LogP contribution in [0.1, 0.15) is 47.7 Å². The van der Waals surface area contributed by atoms with Crippen LogP contribution in [0.3, 0.4) is 0 Å². The van der Waals surface area contributed by atoms with Crippen LogP contribution in [0.2, 0.25) is 0 Å². The molecule has 0 aliphatic carbocycles. The van der Waals surface area contributed by atoms with E-state index < -0.39 is 0 Å². The van der Waals surface area contributed by atoms with E-state index in [4.69, 9.17) is 18.9 Å². The molecule has 2 saturated heterocycles. The van der Waals surface area contributed by atoms with Gasteiger partial charge in [-0.05, 0) is 66.3 Å². The van der Waals surface area contributed by atoms with Crippen LogP contribution in [0, 0.1) is 11.3 Å². The number of benzene rings is 2. The molecule has 1 N–H and O–H groups in total. The number of aliphatic hydroxyl groups excluding tert-OH is 1. The largest absolute Gasteiger partial charge is 0.454 e. The molecule has 8 rings (SSSR count). The summed E-state index contributed by atoms with van der Waals surface area (Å²) in [6.07, 6.45) is 1.68. The summed E-state index contributed by atoms with van der Waals surface area (Å²) in [7, 11) is 0. The van der Waals surface area contributed by atoms with Crippen molar-refractivity contribution in [3.05, 3.63) is 46.5 Å². The summed E-state index contributed by atoms with van der Waals surface area (Å²) in [6.45, 7) is 2.71. The van der Waals surface area contributed by atoms with E-state index in [0.717, 1.165) is 41.2 Å². The zero-order chi connectivity index (χ0) is 22.1. The van der Waals surface area contributed by atoms with Crippen LogP contribution >= 0.6 is 0 Å². The van der Waals surface area contributed by atoms with Crippen molar-refractivity contribution in [1.29, 1.82) is 5.26 Å². The molecule has 0 saturated carbocycles. The lowest BCUT2D eigenvalue weighted by Gasteiger charge is -2.65. The first-order chi connectivity index (χ1) is 16.1. The van der Waals surface area contributed by atoms with Gasteiger partial charge in [-0.3, -0.25) is 9.80 Å². The topological polar surface area (TPSA) is 87.4 Å². The molecule has 6 aliphatic rings. The Balaban J connectivity index is 1.33. The van der Waals surface area contributed by atoms with Crippen LogP contribution in [-0.2, 0) is 12.0 Å². The number of ether oxygens (including phenoxy) is 4. The van der Waals surface area contributed by atoms with E-state index in [2.05, 4.69) is 41.0 Å². The predicted octanol–water partition coefficient (Wildman–Crippen LogP) is 2.35. The van der Waals surface area contributed by atoms with Gasteiger partial charge in [-0.1, -0.05) is 0 Å². The smallest absolute Gasteiger partial charge is 0.231 e. The molecule has 0 bridgehead atoms. The molecule has 0 radical (unpaired) electrons. The Hall–Kier alpha value is -2.99. The standard InChI is InChI=1S/C25H23N3O5/c1-25-7-17-18(8-26)27-16(2-12-3-20-21(31-10-30-20)4-13(12)19(27)9-29)24(28(17)25)14-5-22-23(6-15(14)25)33-11-32-22/h3-6,16-19,24,29H,2,7,9-11H2,1H3/t16-,17-,18-,19-,24+,25?/m0/s1. The third kappa shape index (κ3) is 2.03. The third-order valence-electron chi connectivity index (χ3n) is 8.80. The third-order valence-corrected chi connectivity index (χ3v) is 8.80. The van der Waals surface area contributed by atoms with E-state index in [0.29, 0.717) is 5.75 Å². The van der Waals surface area contributed by atoms with Crippen LogP contribution in [0.4, 0.5) is 0 Å². The zero-order valence-corrected chi connectivity index (χ0v) is 18.2. The van der Waals surface area contributed by atoms with Gasteiger partial charge in [0, 0.05) is 17.6 Å². The number of hydrogen-bond acceptors (Lipinski definition) is 8. The number of hydrogen-bond donors (Lipinski definition) is 1. The fourth-order valence-electron chi connectivity index (χ4n) is 7.53. The number of fused-ring (bicyclic) bond motifs is 8. The van der Waals surface area contributed by atoms with E-state index in [1.165, 1.54) is 11.1 Å². The minimum absolute atomic E-state index is 0.0496. The first-order valence-corrected chi connectivity index (χ1v) is 11.5. The van der Waals surface area contributed by atoms with E-state index >= 15 is 0 Å². The van der Waals surface area contributed by atoms with Crippen molar-refractivity contribution in [2.75, 3.05) is 20.2 Å². The maximum atomic E-state index is 10.6. The lowest BCUT2D eigenvalue weighted by Crippen LogP contribution is -2.74. The van der Waals surface area contributed by atoms with E-state index in [1.807, 2.05) is 6.07 Å². The van der Waals surface area contributed by atoms with Crippen LogP contribution in [0.15, 0.2) is 24.3 Å². The van der Waals surface area contributed by atoms with Crippen molar-refractivity contribution in [2.45, 2.75) is 55.5 Å². The Morgan fingerprint density at radius 3 is 2.36 bits per heavy atom. The molecule has 2 aromatic carbocycles. The van der Waals surface area contributed by atoms with E-state index in [1.54, 1.807) is 0 Å². The molecule has 33 heavy (non-hydrogen) atoms. The quantitative estimate of drug-likeness (QED) is 0.716. The van der Waals surface area contributed by atoms with E-state index in [-0.39, 0.29) is 55.9 Å². The lowest BCUT2D eigenvalue weighted by atomic mass is 9.71. The molecule has 2 fully saturated rings. The Bertz CT molecular complexity index is 1270. The summed E-state index contributed by atoms with van der Waals surface area (Å²) in [5, 5.41) is 20.9. The fourth-order valence-corrected chi connectivity index (χ4v) is 7.53. The van der Waals surface area contributed by atoms with Crippen molar-refractivity contribution in [2.24, 2.45) is 0 Å². The SMILES string of the molecule is CC12C[C@H]3[C@H](C#N)N4[C@@H](CO)c5cc6c(cc5C[C@H]4[C@@H](c4cc5c(cc41)OCO5)N32)OCO6. The van der Waals surface area contributed by atoms with Gasteiger partial charge in [-0.25, -0.2) is 0 Å². The Labute approximate surface area is 190 Å². The molecule has 8 nitrogen and oxygen atoms in total. The van der Waals surface area contributed by atoms with E-state index in [9.17, 15) is 10.4 Å². The van der Waals surface area contributed by atoms with Crippen LogP contribution in [0.25, 0.3) is 0 Å². The minimum Gasteiger partial charge on any atom is -0.454 e. The normalized spacial score (nSPS) is 36.3. The molecule has 0 spiro atoms. The average Bonchev–Trinajstić information content (AvgIpc) is 3.51. The van der Waals surface area contributed by atoms with Gasteiger partial charge < -0.3 is 24.1 Å². The first kappa shape index (κ1) is 18.4. The van der Waals surface area contributed by atoms with Gasteiger partial charge in [-0.15, -0.1) is 0 Å². The molecule has 2 aromatic rings. The van der Waals surface area contributed by atoms with Crippen molar-refractivity contribution in [3.63, 3.8) is 0 Å². The first-order valence-electron chi connectivity index (χ1n) is 11.5. The van der Waals surface area contributed by atoms with Crippen molar-refractivity contribution in [3.8, 4) is 29.1 Å². The second kappa shape index (κ2) is 5.92. The molecular weight excluding hydrogens is 422 g/mol. The lowest BCUT2D eigenvalue weighted by molar-refractivity contribution is -0.182. The molecular formula is C25H23N3O5. The number of piperazine rings is 1. The molecule has 1 unspecified atom stereocenters. The van der Waals surface area contributed by atoms with Gasteiger partial charge in [0.2, 0.25) is 13.6 Å². The molecule has 0 amide bonds. The second-order valence-corrected chi connectivity index (χ2v) is 10.1. The Morgan fingerprint density at radius 2 is 1.67 bits per heavy atom. The van der Waals surface area contributed by atoms with Crippen LogP contribution in [0.5, 0.6) is 23.0 Å². The molecule has 168 valence electrons. The van der Waals surface area contributed by atoms with Gasteiger partial charge >= 0.3 is 0 Å². The number of rotatable bonds is 1. The van der Waals surface area contributed by atoms with Gasteiger partial charge in [0.25, 0.3) is 0 Å². The summed E-state index contributed by atoms with van der Waals surface area (Å²) in [6, 6.07) is 10.7. The van der Waals surface area contributed by atoms with Crippen LogP contribution < -0.4 is 18.9 Å². The molecule has 8 heteroatoms. The zero-order valence-electron chi connectivity index (χ0n) is 18.2. The summed E-state index contributed by atoms with van der Waals surface area (Å²) in [4.78, 5) is 4.84. The van der Waals surface area contributed by atoms with Crippen molar-refractivity contribution >= 4 is 0 Å². The maximum Gasteiger partial charge on any atom is 0.231 e. The molecule has 0 aromatic heterocycles. The predicted molar refractivity (Wildman–Crippen MR) is 114 cm³/mol. The summed E-state index contributed by atoms with van der Waals surface area (Å²) in [5.74, 6) is 3.08. The van der Waals surface area contributed by atoms with Crippen molar-refractivity contribution < 1.29 is 24.1 Å². The number of nitriles is 1. The van der Waals surface area contributed by atoms with Gasteiger partial charge in [0.05, 0.1) is 24.8 Å². The fraction of sp³-hybridized carbons (Fsp3) is 0.480. The minimum atomic E-state index is -0.288. The summed E-state index contributed by atoms with van der Waals surface area (Å²) in [5.41, 5.74) is 4.63. The number of nitrogens with zero attached hydrogens (tertiary/aromatic N) is 3. The molecule has 6 atom stereocenters. The second-order valence-electron chi connectivity index (χ2n) is 10.1. The molecule has 6 aliphatic heterocycles. The van der Waals surface area contributed by atoms with Crippen LogP contribution in [-0.4, -0.2) is 53.2 Å².